The summed E-state index contributed by atoms with van der Waals surface area (Å²) < 4.78 is 0.833. The van der Waals surface area contributed by atoms with Crippen LogP contribution in [0.25, 0.3) is 0 Å². The smallest absolute Gasteiger partial charge is 0.260 e. The third-order valence-electron chi connectivity index (χ3n) is 3.71. The highest BCUT2D eigenvalue weighted by molar-refractivity contribution is 9.10. The zero-order chi connectivity index (χ0) is 14.8. The van der Waals surface area contributed by atoms with E-state index >= 15 is 0 Å². The van der Waals surface area contributed by atoms with E-state index in [1.165, 1.54) is 4.90 Å². The zero-order valence-corrected chi connectivity index (χ0v) is 12.9. The second-order valence-corrected chi connectivity index (χ2v) is 6.05. The third-order valence-corrected chi connectivity index (χ3v) is 4.21. The Morgan fingerprint density at radius 3 is 2.57 bits per heavy atom. The molecule has 21 heavy (non-hydrogen) atoms. The van der Waals surface area contributed by atoms with Crippen LogP contribution in [-0.4, -0.2) is 23.3 Å². The van der Waals surface area contributed by atoms with Gasteiger partial charge in [-0.3, -0.25) is 14.5 Å². The maximum absolute atomic E-state index is 12.5. The van der Waals surface area contributed by atoms with Gasteiger partial charge >= 0.3 is 0 Å². The number of benzene rings is 2. The van der Waals surface area contributed by atoms with E-state index in [4.69, 9.17) is 0 Å². The van der Waals surface area contributed by atoms with Crippen molar-refractivity contribution in [2.75, 3.05) is 6.54 Å². The molecule has 0 radical (unpaired) electrons. The molecule has 1 heterocycles. The van der Waals surface area contributed by atoms with Crippen molar-refractivity contribution in [2.24, 2.45) is 0 Å². The highest BCUT2D eigenvalue weighted by Gasteiger charge is 2.34. The molecule has 0 saturated carbocycles. The van der Waals surface area contributed by atoms with Crippen LogP contribution in [-0.2, 0) is 4.79 Å². The van der Waals surface area contributed by atoms with Crippen LogP contribution in [0.2, 0.25) is 0 Å². The lowest BCUT2D eigenvalue weighted by molar-refractivity contribution is -0.125. The maximum atomic E-state index is 12.5. The molecule has 0 spiro atoms. The third kappa shape index (κ3) is 2.90. The van der Waals surface area contributed by atoms with Crippen LogP contribution in [0.3, 0.4) is 0 Å². The van der Waals surface area contributed by atoms with Gasteiger partial charge < -0.3 is 0 Å². The van der Waals surface area contributed by atoms with E-state index in [2.05, 4.69) is 15.9 Å². The Bertz CT molecular complexity index is 684. The minimum Gasteiger partial charge on any atom is -0.278 e. The first kappa shape index (κ1) is 14.0. The number of imide groups is 1. The Hall–Kier alpha value is -1.94. The van der Waals surface area contributed by atoms with Gasteiger partial charge in [-0.2, -0.15) is 0 Å². The summed E-state index contributed by atoms with van der Waals surface area (Å²) in [5, 5.41) is 0. The summed E-state index contributed by atoms with van der Waals surface area (Å²) in [6.45, 7) is 0.453. The molecule has 3 rings (SSSR count). The molecule has 1 saturated heterocycles. The summed E-state index contributed by atoms with van der Waals surface area (Å²) in [7, 11) is 0. The molecule has 0 N–H and O–H groups in total. The molecule has 0 aromatic heterocycles. The summed E-state index contributed by atoms with van der Waals surface area (Å²) in [5.41, 5.74) is 1.64. The molecular formula is C17H14BrNO2. The van der Waals surface area contributed by atoms with E-state index < -0.39 is 0 Å². The summed E-state index contributed by atoms with van der Waals surface area (Å²) in [6, 6.07) is 17.0. The van der Waals surface area contributed by atoms with Gasteiger partial charge in [0.05, 0.1) is 0 Å². The SMILES string of the molecule is O=C1C[C@@H](c2ccccc2)CN1C(=O)c1cccc(Br)c1. The predicted molar refractivity (Wildman–Crippen MR) is 84.0 cm³/mol. The Kier molecular flexibility index (Phi) is 3.88. The van der Waals surface area contributed by atoms with E-state index in [-0.39, 0.29) is 17.7 Å². The van der Waals surface area contributed by atoms with Crippen LogP contribution in [0, 0.1) is 0 Å². The lowest BCUT2D eigenvalue weighted by Gasteiger charge is -2.15. The minimum absolute atomic E-state index is 0.0924. The van der Waals surface area contributed by atoms with Crippen LogP contribution in [0.15, 0.2) is 59.1 Å². The molecule has 2 amide bonds. The zero-order valence-electron chi connectivity index (χ0n) is 11.3. The number of hydrogen-bond donors (Lipinski definition) is 0. The number of nitrogens with zero attached hydrogens (tertiary/aromatic N) is 1. The van der Waals surface area contributed by atoms with Crippen LogP contribution < -0.4 is 0 Å². The summed E-state index contributed by atoms with van der Waals surface area (Å²) in [6.07, 6.45) is 0.393. The molecule has 0 unspecified atom stereocenters. The average molecular weight is 344 g/mol. The van der Waals surface area contributed by atoms with Crippen LogP contribution in [0.4, 0.5) is 0 Å². The van der Waals surface area contributed by atoms with Crippen LogP contribution in [0.1, 0.15) is 28.3 Å². The number of rotatable bonds is 2. The van der Waals surface area contributed by atoms with E-state index in [0.29, 0.717) is 18.5 Å². The van der Waals surface area contributed by atoms with Crippen molar-refractivity contribution >= 4 is 27.7 Å². The topological polar surface area (TPSA) is 37.4 Å². The first-order chi connectivity index (χ1) is 10.1. The maximum Gasteiger partial charge on any atom is 0.260 e. The lowest BCUT2D eigenvalue weighted by Crippen LogP contribution is -2.32. The largest absolute Gasteiger partial charge is 0.278 e. The molecule has 2 aromatic rings. The lowest BCUT2D eigenvalue weighted by atomic mass is 9.98. The minimum atomic E-state index is -0.222. The van der Waals surface area contributed by atoms with Gasteiger partial charge in [0.2, 0.25) is 5.91 Å². The molecule has 1 fully saturated rings. The molecule has 2 aromatic carbocycles. The number of hydrogen-bond acceptors (Lipinski definition) is 2. The van der Waals surface area contributed by atoms with Gasteiger partial charge in [-0.25, -0.2) is 0 Å². The van der Waals surface area contributed by atoms with Crippen molar-refractivity contribution in [1.29, 1.82) is 0 Å². The van der Waals surface area contributed by atoms with E-state index in [1.807, 2.05) is 36.4 Å². The molecule has 106 valence electrons. The Morgan fingerprint density at radius 2 is 1.86 bits per heavy atom. The number of amides is 2. The molecule has 1 aliphatic heterocycles. The molecule has 4 heteroatoms. The van der Waals surface area contributed by atoms with Gasteiger partial charge in [-0.15, -0.1) is 0 Å². The molecule has 1 aliphatic rings. The standard InChI is InChI=1S/C17H14BrNO2/c18-15-8-4-7-13(9-15)17(21)19-11-14(10-16(19)20)12-5-2-1-3-6-12/h1-9,14H,10-11H2/t14-/m1/s1. The van der Waals surface area contributed by atoms with E-state index in [0.717, 1.165) is 10.0 Å². The van der Waals surface area contributed by atoms with Gasteiger partial charge in [-0.1, -0.05) is 52.3 Å². The van der Waals surface area contributed by atoms with Gasteiger partial charge in [0, 0.05) is 28.9 Å². The van der Waals surface area contributed by atoms with E-state index in [9.17, 15) is 9.59 Å². The second kappa shape index (κ2) is 5.82. The van der Waals surface area contributed by atoms with Crippen molar-refractivity contribution < 1.29 is 9.59 Å². The fraction of sp³-hybridized carbons (Fsp3) is 0.176. The average Bonchev–Trinajstić information content (AvgIpc) is 2.89. The van der Waals surface area contributed by atoms with Crippen molar-refractivity contribution in [3.63, 3.8) is 0 Å². The van der Waals surface area contributed by atoms with E-state index in [1.54, 1.807) is 18.2 Å². The first-order valence-corrected chi connectivity index (χ1v) is 7.59. The fourth-order valence-electron chi connectivity index (χ4n) is 2.63. The van der Waals surface area contributed by atoms with Gasteiger partial charge in [0.1, 0.15) is 0 Å². The molecule has 3 nitrogen and oxygen atoms in total. The number of carbonyl (C=O) groups excluding carboxylic acids is 2. The summed E-state index contributed by atoms with van der Waals surface area (Å²) in [5.74, 6) is -0.233. The summed E-state index contributed by atoms with van der Waals surface area (Å²) in [4.78, 5) is 26.0. The Balaban J connectivity index is 1.81. The number of likely N-dealkylation sites (tertiary alicyclic amines) is 1. The first-order valence-electron chi connectivity index (χ1n) is 6.80. The van der Waals surface area contributed by atoms with Gasteiger partial charge in [0.25, 0.3) is 5.91 Å². The van der Waals surface area contributed by atoms with Crippen molar-refractivity contribution in [3.05, 3.63) is 70.2 Å². The van der Waals surface area contributed by atoms with Crippen molar-refractivity contribution in [1.82, 2.24) is 4.90 Å². The summed E-state index contributed by atoms with van der Waals surface area (Å²) >= 11 is 3.35. The molecule has 1 atom stereocenters. The van der Waals surface area contributed by atoms with Gasteiger partial charge in [0.15, 0.2) is 0 Å². The van der Waals surface area contributed by atoms with Crippen molar-refractivity contribution in [2.45, 2.75) is 12.3 Å². The number of halogens is 1. The fourth-order valence-corrected chi connectivity index (χ4v) is 3.03. The predicted octanol–water partition coefficient (Wildman–Crippen LogP) is 3.61. The van der Waals surface area contributed by atoms with Crippen LogP contribution in [0.5, 0.6) is 0 Å². The number of carbonyl (C=O) groups is 2. The Morgan fingerprint density at radius 1 is 1.10 bits per heavy atom. The normalized spacial score (nSPS) is 18.0. The quantitative estimate of drug-likeness (QED) is 0.781. The van der Waals surface area contributed by atoms with Gasteiger partial charge in [-0.05, 0) is 23.8 Å². The van der Waals surface area contributed by atoms with Crippen molar-refractivity contribution in [3.8, 4) is 0 Å². The molecule has 0 aliphatic carbocycles. The highest BCUT2D eigenvalue weighted by atomic mass is 79.9. The second-order valence-electron chi connectivity index (χ2n) is 5.13. The molecular weight excluding hydrogens is 330 g/mol. The highest BCUT2D eigenvalue weighted by Crippen LogP contribution is 2.29. The Labute approximate surface area is 131 Å². The monoisotopic (exact) mass is 343 g/mol. The van der Waals surface area contributed by atoms with Crippen LogP contribution >= 0.6 is 15.9 Å². The molecule has 0 bridgehead atoms.